The van der Waals surface area contributed by atoms with Crippen molar-refractivity contribution in [2.24, 2.45) is 0 Å². The molecular weight excluding hydrogens is 255 g/mol. The number of carboxylic acid groups (broad SMARTS) is 1. The van der Waals surface area contributed by atoms with Crippen LogP contribution in [0.4, 0.5) is 4.39 Å². The Labute approximate surface area is 88.6 Å². The summed E-state index contributed by atoms with van der Waals surface area (Å²) in [5, 5.41) is 8.76. The molecule has 5 heteroatoms. The molecule has 0 aliphatic rings. The lowest BCUT2D eigenvalue weighted by atomic mass is 10.2. The molecule has 1 aromatic carbocycles. The van der Waals surface area contributed by atoms with Crippen molar-refractivity contribution in [2.45, 2.75) is 6.92 Å². The molecule has 3 nitrogen and oxygen atoms in total. The van der Waals surface area contributed by atoms with E-state index in [1.54, 1.807) is 6.92 Å². The predicted molar refractivity (Wildman–Crippen MR) is 52.2 cm³/mol. The zero-order valence-electron chi connectivity index (χ0n) is 7.38. The van der Waals surface area contributed by atoms with Gasteiger partial charge in [0.2, 0.25) is 0 Å². The summed E-state index contributed by atoms with van der Waals surface area (Å²) in [6, 6.07) is 2.83. The van der Waals surface area contributed by atoms with Gasteiger partial charge in [0.05, 0.1) is 11.1 Å². The van der Waals surface area contributed by atoms with Gasteiger partial charge in [0.15, 0.2) is 5.82 Å². The quantitative estimate of drug-likeness (QED) is 0.911. The lowest BCUT2D eigenvalue weighted by molar-refractivity contribution is 0.0687. The molecule has 1 rings (SSSR count). The molecule has 76 valence electrons. The molecule has 0 saturated carbocycles. The van der Waals surface area contributed by atoms with Crippen LogP contribution in [0.15, 0.2) is 16.6 Å². The van der Waals surface area contributed by atoms with Gasteiger partial charge >= 0.3 is 5.97 Å². The number of hydrogen-bond donors (Lipinski definition) is 1. The summed E-state index contributed by atoms with van der Waals surface area (Å²) in [7, 11) is 0. The van der Waals surface area contributed by atoms with Gasteiger partial charge in [0, 0.05) is 0 Å². The fourth-order valence-corrected chi connectivity index (χ4v) is 1.34. The van der Waals surface area contributed by atoms with E-state index in [1.165, 1.54) is 12.1 Å². The first-order chi connectivity index (χ1) is 6.57. The first kappa shape index (κ1) is 11.0. The molecule has 0 bridgehead atoms. The van der Waals surface area contributed by atoms with Crippen LogP contribution in [0.5, 0.6) is 5.75 Å². The minimum atomic E-state index is -1.34. The summed E-state index contributed by atoms with van der Waals surface area (Å²) in [5.41, 5.74) is -0.443. The number of ether oxygens (including phenoxy) is 1. The van der Waals surface area contributed by atoms with E-state index in [0.717, 1.165) is 0 Å². The van der Waals surface area contributed by atoms with Gasteiger partial charge in [-0.3, -0.25) is 0 Å². The number of halogens is 2. The van der Waals surface area contributed by atoms with Crippen molar-refractivity contribution in [3.8, 4) is 5.75 Å². The Morgan fingerprint density at radius 1 is 1.64 bits per heavy atom. The highest BCUT2D eigenvalue weighted by atomic mass is 79.9. The maximum atomic E-state index is 13.3. The molecule has 14 heavy (non-hydrogen) atoms. The van der Waals surface area contributed by atoms with Crippen LogP contribution in [0, 0.1) is 5.82 Å². The van der Waals surface area contributed by atoms with Crippen LogP contribution in [-0.4, -0.2) is 17.7 Å². The van der Waals surface area contributed by atoms with Crippen molar-refractivity contribution < 1.29 is 19.0 Å². The average molecular weight is 263 g/mol. The van der Waals surface area contributed by atoms with E-state index < -0.39 is 17.3 Å². The monoisotopic (exact) mass is 262 g/mol. The Balaban J connectivity index is 3.30. The maximum absolute atomic E-state index is 13.3. The average Bonchev–Trinajstić information content (AvgIpc) is 2.11. The van der Waals surface area contributed by atoms with Gasteiger partial charge in [-0.25, -0.2) is 9.18 Å². The summed E-state index contributed by atoms with van der Waals surface area (Å²) in [6.45, 7) is 1.99. The molecule has 0 fully saturated rings. The van der Waals surface area contributed by atoms with E-state index >= 15 is 0 Å². The maximum Gasteiger partial charge on any atom is 0.342 e. The van der Waals surface area contributed by atoms with Crippen LogP contribution in [-0.2, 0) is 0 Å². The highest BCUT2D eigenvalue weighted by Gasteiger charge is 2.19. The summed E-state index contributed by atoms with van der Waals surface area (Å²) < 4.78 is 18.4. The van der Waals surface area contributed by atoms with Crippen LogP contribution in [0.3, 0.4) is 0 Å². The summed E-state index contributed by atoms with van der Waals surface area (Å²) >= 11 is 2.91. The molecule has 0 heterocycles. The predicted octanol–water partition coefficient (Wildman–Crippen LogP) is 2.69. The molecule has 0 aliphatic carbocycles. The molecule has 0 aliphatic heterocycles. The normalized spacial score (nSPS) is 9.93. The highest BCUT2D eigenvalue weighted by Crippen LogP contribution is 2.27. The van der Waals surface area contributed by atoms with E-state index in [4.69, 9.17) is 9.84 Å². The number of carbonyl (C=O) groups is 1. The standard InChI is InChI=1S/C9H8BrFO3/c1-2-14-6-4-3-5(10)8(11)7(6)9(12)13/h3-4H,2H2,1H3,(H,12,13). The van der Waals surface area contributed by atoms with Gasteiger partial charge in [-0.2, -0.15) is 0 Å². The Bertz CT molecular complexity index is 365. The lowest BCUT2D eigenvalue weighted by Gasteiger charge is -2.08. The second kappa shape index (κ2) is 4.41. The van der Waals surface area contributed by atoms with Crippen molar-refractivity contribution in [3.63, 3.8) is 0 Å². The van der Waals surface area contributed by atoms with Crippen LogP contribution >= 0.6 is 15.9 Å². The third kappa shape index (κ3) is 2.04. The zero-order valence-corrected chi connectivity index (χ0v) is 8.97. The summed E-state index contributed by atoms with van der Waals surface area (Å²) in [5.74, 6) is -2.11. The number of aromatic carboxylic acids is 1. The van der Waals surface area contributed by atoms with Gasteiger partial charge in [0.1, 0.15) is 11.3 Å². The van der Waals surface area contributed by atoms with E-state index in [2.05, 4.69) is 15.9 Å². The van der Waals surface area contributed by atoms with Gasteiger partial charge in [-0.1, -0.05) is 0 Å². The van der Waals surface area contributed by atoms with Crippen LogP contribution < -0.4 is 4.74 Å². The summed E-state index contributed by atoms with van der Waals surface area (Å²) in [4.78, 5) is 10.7. The molecule has 0 spiro atoms. The third-order valence-electron chi connectivity index (χ3n) is 1.57. The Morgan fingerprint density at radius 3 is 2.79 bits per heavy atom. The fraction of sp³-hybridized carbons (Fsp3) is 0.222. The van der Waals surface area contributed by atoms with Crippen molar-refractivity contribution in [1.82, 2.24) is 0 Å². The molecule has 0 saturated heterocycles. The largest absolute Gasteiger partial charge is 0.493 e. The number of rotatable bonds is 3. The molecule has 1 N–H and O–H groups in total. The van der Waals surface area contributed by atoms with Crippen LogP contribution in [0.1, 0.15) is 17.3 Å². The van der Waals surface area contributed by atoms with Gasteiger partial charge in [0.25, 0.3) is 0 Å². The van der Waals surface area contributed by atoms with E-state index in [-0.39, 0.29) is 10.2 Å². The highest BCUT2D eigenvalue weighted by molar-refractivity contribution is 9.10. The molecule has 0 amide bonds. The Morgan fingerprint density at radius 2 is 2.29 bits per heavy atom. The van der Waals surface area contributed by atoms with Crippen molar-refractivity contribution in [3.05, 3.63) is 28.0 Å². The molecular formula is C9H8BrFO3. The third-order valence-corrected chi connectivity index (χ3v) is 2.18. The van der Waals surface area contributed by atoms with E-state index in [1.807, 2.05) is 0 Å². The second-order valence-corrected chi connectivity index (χ2v) is 3.33. The molecule has 0 unspecified atom stereocenters. The summed E-state index contributed by atoms with van der Waals surface area (Å²) in [6.07, 6.45) is 0. The fourth-order valence-electron chi connectivity index (χ4n) is 1.01. The molecule has 0 radical (unpaired) electrons. The Kier molecular flexibility index (Phi) is 3.46. The topological polar surface area (TPSA) is 46.5 Å². The van der Waals surface area contributed by atoms with Crippen molar-refractivity contribution in [1.29, 1.82) is 0 Å². The molecule has 0 atom stereocenters. The van der Waals surface area contributed by atoms with Crippen molar-refractivity contribution in [2.75, 3.05) is 6.61 Å². The minimum Gasteiger partial charge on any atom is -0.493 e. The zero-order chi connectivity index (χ0) is 10.7. The van der Waals surface area contributed by atoms with Gasteiger partial charge < -0.3 is 9.84 Å². The first-order valence-corrected chi connectivity index (χ1v) is 4.71. The van der Waals surface area contributed by atoms with Gasteiger partial charge in [-0.15, -0.1) is 0 Å². The molecule has 1 aromatic rings. The minimum absolute atomic E-state index is 0.0423. The number of hydrogen-bond acceptors (Lipinski definition) is 2. The van der Waals surface area contributed by atoms with E-state index in [0.29, 0.717) is 6.61 Å². The molecule has 0 aromatic heterocycles. The first-order valence-electron chi connectivity index (χ1n) is 3.92. The van der Waals surface area contributed by atoms with Crippen LogP contribution in [0.25, 0.3) is 0 Å². The second-order valence-electron chi connectivity index (χ2n) is 2.47. The van der Waals surface area contributed by atoms with Crippen LogP contribution in [0.2, 0.25) is 0 Å². The number of benzene rings is 1. The lowest BCUT2D eigenvalue weighted by Crippen LogP contribution is -2.06. The van der Waals surface area contributed by atoms with Gasteiger partial charge in [-0.05, 0) is 35.0 Å². The van der Waals surface area contributed by atoms with Crippen molar-refractivity contribution >= 4 is 21.9 Å². The Hall–Kier alpha value is -1.10. The SMILES string of the molecule is CCOc1ccc(Br)c(F)c1C(=O)O. The smallest absolute Gasteiger partial charge is 0.342 e. The van der Waals surface area contributed by atoms with E-state index in [9.17, 15) is 9.18 Å². The number of carboxylic acids is 1.